The molecule has 0 saturated heterocycles. The number of fused-ring (bicyclic) bond motifs is 1. The lowest BCUT2D eigenvalue weighted by atomic mass is 9.68. The molecule has 0 aromatic rings. The van der Waals surface area contributed by atoms with E-state index >= 15 is 0 Å². The number of ketones is 1. The Labute approximate surface area is 136 Å². The summed E-state index contributed by atoms with van der Waals surface area (Å²) in [6, 6.07) is 0. The minimum absolute atomic E-state index is 0.149. The number of allylic oxidation sites excluding steroid dienone is 1. The average molecular weight is 306 g/mol. The van der Waals surface area contributed by atoms with Gasteiger partial charge in [-0.3, -0.25) is 4.79 Å². The first-order valence-electron chi connectivity index (χ1n) is 9.12. The van der Waals surface area contributed by atoms with Crippen molar-refractivity contribution >= 4 is 5.78 Å². The first-order chi connectivity index (χ1) is 10.2. The predicted octanol–water partition coefficient (Wildman–Crippen LogP) is 4.76. The first-order valence-corrected chi connectivity index (χ1v) is 9.12. The summed E-state index contributed by atoms with van der Waals surface area (Å²) in [5, 5.41) is 10.2. The van der Waals surface area contributed by atoms with Gasteiger partial charge >= 0.3 is 0 Å². The van der Waals surface area contributed by atoms with E-state index in [0.717, 1.165) is 17.9 Å². The van der Waals surface area contributed by atoms with Crippen LogP contribution in [0.25, 0.3) is 0 Å². The molecule has 2 rings (SSSR count). The largest absolute Gasteiger partial charge is 0.389 e. The van der Waals surface area contributed by atoms with Gasteiger partial charge in [-0.25, -0.2) is 0 Å². The second-order valence-electron chi connectivity index (χ2n) is 8.64. The molecular formula is C20H34O2. The summed E-state index contributed by atoms with van der Waals surface area (Å²) in [7, 11) is 0. The highest BCUT2D eigenvalue weighted by Crippen LogP contribution is 2.54. The summed E-state index contributed by atoms with van der Waals surface area (Å²) in [6.07, 6.45) is 7.58. The molecule has 126 valence electrons. The minimum Gasteiger partial charge on any atom is -0.389 e. The van der Waals surface area contributed by atoms with E-state index in [9.17, 15) is 9.90 Å². The van der Waals surface area contributed by atoms with E-state index in [2.05, 4.69) is 27.7 Å². The molecule has 5 atom stereocenters. The van der Waals surface area contributed by atoms with Crippen molar-refractivity contribution in [2.75, 3.05) is 0 Å². The van der Waals surface area contributed by atoms with Gasteiger partial charge in [0.05, 0.1) is 6.10 Å². The smallest absolute Gasteiger partial charge is 0.158 e. The van der Waals surface area contributed by atoms with Gasteiger partial charge in [-0.1, -0.05) is 34.1 Å². The average Bonchev–Trinajstić information content (AvgIpc) is 2.71. The van der Waals surface area contributed by atoms with E-state index < -0.39 is 6.10 Å². The summed E-state index contributed by atoms with van der Waals surface area (Å²) < 4.78 is 0. The van der Waals surface area contributed by atoms with Gasteiger partial charge < -0.3 is 5.11 Å². The number of carbonyl (C=O) groups excluding carboxylic acids is 1. The molecule has 2 heteroatoms. The van der Waals surface area contributed by atoms with Gasteiger partial charge in [0.25, 0.3) is 0 Å². The van der Waals surface area contributed by atoms with Crippen LogP contribution in [-0.4, -0.2) is 17.0 Å². The van der Waals surface area contributed by atoms with Gasteiger partial charge in [0.2, 0.25) is 0 Å². The zero-order valence-electron chi connectivity index (χ0n) is 15.1. The summed E-state index contributed by atoms with van der Waals surface area (Å²) in [6.45, 7) is 11.1. The molecule has 1 fully saturated rings. The van der Waals surface area contributed by atoms with Crippen molar-refractivity contribution in [1.82, 2.24) is 0 Å². The topological polar surface area (TPSA) is 37.3 Å². The highest BCUT2D eigenvalue weighted by Gasteiger charge is 2.46. The Kier molecular flexibility index (Phi) is 5.53. The van der Waals surface area contributed by atoms with Gasteiger partial charge in [-0.15, -0.1) is 0 Å². The first kappa shape index (κ1) is 17.7. The molecule has 1 N–H and O–H groups in total. The van der Waals surface area contributed by atoms with Crippen LogP contribution in [0.3, 0.4) is 0 Å². The lowest BCUT2D eigenvalue weighted by molar-refractivity contribution is -0.118. The van der Waals surface area contributed by atoms with Crippen molar-refractivity contribution < 1.29 is 9.90 Å². The monoisotopic (exact) mass is 306 g/mol. The van der Waals surface area contributed by atoms with Gasteiger partial charge in [0.1, 0.15) is 0 Å². The third kappa shape index (κ3) is 3.82. The second-order valence-corrected chi connectivity index (χ2v) is 8.64. The molecule has 0 aliphatic heterocycles. The van der Waals surface area contributed by atoms with Crippen LogP contribution in [0, 0.1) is 29.1 Å². The highest BCUT2D eigenvalue weighted by molar-refractivity contribution is 5.95. The third-order valence-electron chi connectivity index (χ3n) is 6.38. The van der Waals surface area contributed by atoms with Gasteiger partial charge in [-0.2, -0.15) is 0 Å². The van der Waals surface area contributed by atoms with Crippen LogP contribution < -0.4 is 0 Å². The van der Waals surface area contributed by atoms with Gasteiger partial charge in [0, 0.05) is 6.42 Å². The molecule has 2 nitrogen and oxygen atoms in total. The van der Waals surface area contributed by atoms with Crippen molar-refractivity contribution in [2.45, 2.75) is 79.2 Å². The fraction of sp³-hybridized carbons (Fsp3) is 0.850. The van der Waals surface area contributed by atoms with E-state index in [1.54, 1.807) is 6.08 Å². The number of Topliss-reactive ketones (excluding diaryl/α,β-unsaturated/α-hetero) is 1. The Bertz CT molecular complexity index is 437. The quantitative estimate of drug-likeness (QED) is 0.758. The molecule has 0 unspecified atom stereocenters. The lowest BCUT2D eigenvalue weighted by Crippen LogP contribution is -2.30. The van der Waals surface area contributed by atoms with Crippen LogP contribution in [0.2, 0.25) is 0 Å². The van der Waals surface area contributed by atoms with Crippen LogP contribution in [0.15, 0.2) is 11.6 Å². The van der Waals surface area contributed by atoms with E-state index in [1.807, 2.05) is 6.92 Å². The van der Waals surface area contributed by atoms with E-state index in [-0.39, 0.29) is 11.2 Å². The number of aliphatic hydroxyl groups is 1. The Morgan fingerprint density at radius 1 is 1.27 bits per heavy atom. The van der Waals surface area contributed by atoms with Crippen molar-refractivity contribution in [3.8, 4) is 0 Å². The van der Waals surface area contributed by atoms with E-state index in [4.69, 9.17) is 0 Å². The molecule has 0 spiro atoms. The standard InChI is InChI=1S/C20H34O2/c1-13(2)17-8-9-20(5)12-19(22)15(4)11-16(21)10-14(3)6-7-18(17)20/h11,13-14,16-18,21H,6-10,12H2,1-5H3/b15-11+/t14-,16+,17+,18-,20+/m1/s1. The number of hydrogen-bond acceptors (Lipinski definition) is 2. The number of carbonyl (C=O) groups is 1. The number of aliphatic hydroxyl groups excluding tert-OH is 1. The van der Waals surface area contributed by atoms with E-state index in [0.29, 0.717) is 24.2 Å². The summed E-state index contributed by atoms with van der Waals surface area (Å²) in [5.41, 5.74) is 0.908. The molecule has 2 aliphatic carbocycles. The SMILES string of the molecule is C/C1=C\[C@@H](O)C[C@H](C)CC[C@@H]2[C@H](C(C)C)CC[C@@]2(C)CC1=O. The Balaban J connectivity index is 2.29. The van der Waals surface area contributed by atoms with Crippen LogP contribution >= 0.6 is 0 Å². The van der Waals surface area contributed by atoms with Crippen molar-refractivity contribution in [2.24, 2.45) is 29.1 Å². The zero-order chi connectivity index (χ0) is 16.5. The molecule has 0 heterocycles. The predicted molar refractivity (Wildman–Crippen MR) is 91.6 cm³/mol. The van der Waals surface area contributed by atoms with Crippen molar-refractivity contribution in [3.63, 3.8) is 0 Å². The molecule has 0 bridgehead atoms. The van der Waals surface area contributed by atoms with Gasteiger partial charge in [-0.05, 0) is 73.3 Å². The molecule has 1 saturated carbocycles. The molecule has 0 amide bonds. The lowest BCUT2D eigenvalue weighted by Gasteiger charge is -2.36. The molecule has 0 aromatic heterocycles. The van der Waals surface area contributed by atoms with Crippen molar-refractivity contribution in [3.05, 3.63) is 11.6 Å². The third-order valence-corrected chi connectivity index (χ3v) is 6.38. The second kappa shape index (κ2) is 6.86. The van der Waals surface area contributed by atoms with Gasteiger partial charge in [0.15, 0.2) is 5.78 Å². The summed E-state index contributed by atoms with van der Waals surface area (Å²) in [4.78, 5) is 12.6. The van der Waals surface area contributed by atoms with Crippen LogP contribution in [0.4, 0.5) is 0 Å². The highest BCUT2D eigenvalue weighted by atomic mass is 16.3. The number of hydrogen-bond donors (Lipinski definition) is 1. The maximum atomic E-state index is 12.6. The van der Waals surface area contributed by atoms with Crippen LogP contribution in [0.5, 0.6) is 0 Å². The summed E-state index contributed by atoms with van der Waals surface area (Å²) in [5.74, 6) is 2.86. The van der Waals surface area contributed by atoms with Crippen molar-refractivity contribution in [1.29, 1.82) is 0 Å². The molecule has 0 aromatic carbocycles. The molecular weight excluding hydrogens is 272 g/mol. The Morgan fingerprint density at radius 2 is 1.95 bits per heavy atom. The molecule has 0 radical (unpaired) electrons. The Morgan fingerprint density at radius 3 is 2.59 bits per heavy atom. The fourth-order valence-electron chi connectivity index (χ4n) is 4.93. The van der Waals surface area contributed by atoms with Crippen LogP contribution in [-0.2, 0) is 4.79 Å². The molecule has 22 heavy (non-hydrogen) atoms. The van der Waals surface area contributed by atoms with E-state index in [1.165, 1.54) is 25.7 Å². The maximum absolute atomic E-state index is 12.6. The normalized spacial score (nSPS) is 43.4. The number of rotatable bonds is 1. The minimum atomic E-state index is -0.467. The maximum Gasteiger partial charge on any atom is 0.158 e. The molecule has 2 aliphatic rings. The summed E-state index contributed by atoms with van der Waals surface area (Å²) >= 11 is 0. The fourth-order valence-corrected chi connectivity index (χ4v) is 4.93. The van der Waals surface area contributed by atoms with Crippen LogP contribution in [0.1, 0.15) is 73.1 Å². The zero-order valence-corrected chi connectivity index (χ0v) is 15.1. The Hall–Kier alpha value is -0.630.